The van der Waals surface area contributed by atoms with Crippen molar-refractivity contribution in [2.24, 2.45) is 5.92 Å². The maximum atomic E-state index is 14.3. The van der Waals surface area contributed by atoms with Crippen LogP contribution in [-0.4, -0.2) is 30.4 Å². The molecule has 2 aromatic rings. The van der Waals surface area contributed by atoms with Crippen LogP contribution in [0.2, 0.25) is 0 Å². The Morgan fingerprint density at radius 1 is 0.941 bits per heavy atom. The average molecular weight is 479 g/mol. The summed E-state index contributed by atoms with van der Waals surface area (Å²) < 4.78 is 51.4. The number of alkyl halides is 3. The number of rotatable bonds is 6. The fourth-order valence-corrected chi connectivity index (χ4v) is 3.76. The van der Waals surface area contributed by atoms with Gasteiger partial charge in [0.2, 0.25) is 5.91 Å². The molecule has 0 unspecified atom stereocenters. The molecule has 0 aromatic heterocycles. The van der Waals surface area contributed by atoms with E-state index in [4.69, 9.17) is 0 Å². The van der Waals surface area contributed by atoms with Crippen molar-refractivity contribution in [1.29, 1.82) is 0 Å². The topological polar surface area (TPSA) is 87.3 Å². The van der Waals surface area contributed by atoms with Gasteiger partial charge in [-0.25, -0.2) is 4.39 Å². The van der Waals surface area contributed by atoms with Crippen molar-refractivity contribution in [3.05, 3.63) is 58.9 Å². The summed E-state index contributed by atoms with van der Waals surface area (Å²) in [6, 6.07) is 8.11. The number of hydrogen-bond acceptors (Lipinski definition) is 3. The molecule has 0 saturated heterocycles. The normalized spacial score (nSPS) is 14.4. The van der Waals surface area contributed by atoms with E-state index in [-0.39, 0.29) is 34.2 Å². The summed E-state index contributed by atoms with van der Waals surface area (Å²) >= 11 is 0. The number of benzene rings is 2. The molecular formula is C24H25F4N3O3. The standard InChI is InChI=1S/C24H25F4N3O3/c1-14-19(25)11-17(21(32)29-13-24(26,27)28)12-20(14)31-23(34)16-8-5-9-18(10-16)30-22(33)15-6-3-2-4-7-15/h5,8-12,15H,2-4,6-7,13H2,1H3,(H,29,32)(H,30,33)(H,31,34). The Balaban J connectivity index is 1.72. The number of amides is 3. The molecule has 0 heterocycles. The summed E-state index contributed by atoms with van der Waals surface area (Å²) in [5.74, 6) is -2.79. The van der Waals surface area contributed by atoms with Crippen molar-refractivity contribution < 1.29 is 31.9 Å². The number of halogens is 4. The van der Waals surface area contributed by atoms with E-state index in [1.54, 1.807) is 17.4 Å². The largest absolute Gasteiger partial charge is 0.405 e. The Hall–Kier alpha value is -3.43. The van der Waals surface area contributed by atoms with Crippen LogP contribution in [-0.2, 0) is 4.79 Å². The summed E-state index contributed by atoms with van der Waals surface area (Å²) in [6.07, 6.45) is 0.152. The van der Waals surface area contributed by atoms with Crippen molar-refractivity contribution in [3.63, 3.8) is 0 Å². The molecule has 182 valence electrons. The fourth-order valence-electron chi connectivity index (χ4n) is 3.76. The molecule has 10 heteroatoms. The van der Waals surface area contributed by atoms with Crippen LogP contribution < -0.4 is 16.0 Å². The Bertz CT molecular complexity index is 1080. The van der Waals surface area contributed by atoms with Crippen LogP contribution >= 0.6 is 0 Å². The lowest BCUT2D eigenvalue weighted by molar-refractivity contribution is -0.123. The molecule has 1 fully saturated rings. The molecule has 0 aliphatic heterocycles. The van der Waals surface area contributed by atoms with Crippen LogP contribution in [0.3, 0.4) is 0 Å². The molecule has 0 atom stereocenters. The molecule has 3 N–H and O–H groups in total. The maximum absolute atomic E-state index is 14.3. The second kappa shape index (κ2) is 10.7. The second-order valence-electron chi connectivity index (χ2n) is 8.29. The van der Waals surface area contributed by atoms with Crippen molar-refractivity contribution in [1.82, 2.24) is 5.32 Å². The Morgan fingerprint density at radius 3 is 2.32 bits per heavy atom. The van der Waals surface area contributed by atoms with Crippen LogP contribution in [0.4, 0.5) is 28.9 Å². The highest BCUT2D eigenvalue weighted by Crippen LogP contribution is 2.26. The van der Waals surface area contributed by atoms with E-state index in [1.807, 2.05) is 0 Å². The van der Waals surface area contributed by atoms with Crippen LogP contribution in [0, 0.1) is 18.7 Å². The molecule has 1 saturated carbocycles. The number of hydrogen-bond donors (Lipinski definition) is 3. The predicted molar refractivity (Wildman–Crippen MR) is 119 cm³/mol. The van der Waals surface area contributed by atoms with Gasteiger partial charge in [0.15, 0.2) is 0 Å². The summed E-state index contributed by atoms with van der Waals surface area (Å²) in [6.45, 7) is -0.203. The van der Waals surface area contributed by atoms with Gasteiger partial charge in [0.1, 0.15) is 12.4 Å². The Morgan fingerprint density at radius 2 is 1.65 bits per heavy atom. The van der Waals surface area contributed by atoms with E-state index < -0.39 is 30.4 Å². The summed E-state index contributed by atoms with van der Waals surface area (Å²) in [4.78, 5) is 37.2. The molecule has 6 nitrogen and oxygen atoms in total. The van der Waals surface area contributed by atoms with Gasteiger partial charge in [0, 0.05) is 34.0 Å². The van der Waals surface area contributed by atoms with E-state index in [0.29, 0.717) is 5.69 Å². The molecule has 34 heavy (non-hydrogen) atoms. The van der Waals surface area contributed by atoms with Gasteiger partial charge in [-0.2, -0.15) is 13.2 Å². The van der Waals surface area contributed by atoms with Crippen molar-refractivity contribution in [2.45, 2.75) is 45.2 Å². The minimum absolute atomic E-state index is 0.0162. The zero-order valence-electron chi connectivity index (χ0n) is 18.5. The van der Waals surface area contributed by atoms with E-state index in [1.165, 1.54) is 19.1 Å². The predicted octanol–water partition coefficient (Wildman–Crippen LogP) is 5.20. The third-order valence-electron chi connectivity index (χ3n) is 5.67. The average Bonchev–Trinajstić information content (AvgIpc) is 2.80. The molecule has 1 aliphatic carbocycles. The number of carbonyl (C=O) groups is 3. The van der Waals surface area contributed by atoms with E-state index >= 15 is 0 Å². The number of nitrogens with one attached hydrogen (secondary N) is 3. The number of anilines is 2. The Labute approximate surface area is 194 Å². The van der Waals surface area contributed by atoms with Crippen molar-refractivity contribution in [2.75, 3.05) is 17.2 Å². The summed E-state index contributed by atoms with van der Waals surface area (Å²) in [7, 11) is 0. The lowest BCUT2D eigenvalue weighted by Crippen LogP contribution is -2.33. The highest BCUT2D eigenvalue weighted by atomic mass is 19.4. The third-order valence-corrected chi connectivity index (χ3v) is 5.67. The molecule has 0 spiro atoms. The first-order valence-electron chi connectivity index (χ1n) is 10.9. The van der Waals surface area contributed by atoms with Gasteiger partial charge in [-0.1, -0.05) is 25.3 Å². The van der Waals surface area contributed by atoms with Gasteiger partial charge in [-0.05, 0) is 50.1 Å². The first kappa shape index (κ1) is 25.2. The van der Waals surface area contributed by atoms with Gasteiger partial charge in [-0.15, -0.1) is 0 Å². The number of carbonyl (C=O) groups excluding carboxylic acids is 3. The Kier molecular flexibility index (Phi) is 7.90. The van der Waals surface area contributed by atoms with Gasteiger partial charge in [0.05, 0.1) is 0 Å². The van der Waals surface area contributed by atoms with Crippen LogP contribution in [0.1, 0.15) is 58.4 Å². The van der Waals surface area contributed by atoms with Crippen LogP contribution in [0.25, 0.3) is 0 Å². The smallest absolute Gasteiger partial charge is 0.343 e. The van der Waals surface area contributed by atoms with Gasteiger partial charge in [0.25, 0.3) is 11.8 Å². The highest BCUT2D eigenvalue weighted by Gasteiger charge is 2.28. The lowest BCUT2D eigenvalue weighted by Gasteiger charge is -2.20. The maximum Gasteiger partial charge on any atom is 0.405 e. The van der Waals surface area contributed by atoms with E-state index in [0.717, 1.165) is 44.2 Å². The molecule has 3 amide bonds. The monoisotopic (exact) mass is 479 g/mol. The fraction of sp³-hybridized carbons (Fsp3) is 0.375. The quantitative estimate of drug-likeness (QED) is 0.498. The molecule has 0 bridgehead atoms. The highest BCUT2D eigenvalue weighted by molar-refractivity contribution is 6.06. The lowest BCUT2D eigenvalue weighted by atomic mass is 9.88. The molecule has 1 aliphatic rings. The SMILES string of the molecule is Cc1c(F)cc(C(=O)NCC(F)(F)F)cc1NC(=O)c1cccc(NC(=O)C2CCCCC2)c1. The van der Waals surface area contributed by atoms with Crippen molar-refractivity contribution >= 4 is 29.1 Å². The molecule has 0 radical (unpaired) electrons. The minimum atomic E-state index is -4.62. The third kappa shape index (κ3) is 6.79. The summed E-state index contributed by atoms with van der Waals surface area (Å²) in [5.41, 5.74) is 0.206. The van der Waals surface area contributed by atoms with Gasteiger partial charge < -0.3 is 16.0 Å². The van der Waals surface area contributed by atoms with E-state index in [2.05, 4.69) is 10.6 Å². The second-order valence-corrected chi connectivity index (χ2v) is 8.29. The van der Waals surface area contributed by atoms with Gasteiger partial charge in [-0.3, -0.25) is 14.4 Å². The minimum Gasteiger partial charge on any atom is -0.343 e. The van der Waals surface area contributed by atoms with Crippen LogP contribution in [0.15, 0.2) is 36.4 Å². The first-order chi connectivity index (χ1) is 16.0. The summed E-state index contributed by atoms with van der Waals surface area (Å²) in [5, 5.41) is 6.97. The first-order valence-corrected chi connectivity index (χ1v) is 10.9. The van der Waals surface area contributed by atoms with Crippen LogP contribution in [0.5, 0.6) is 0 Å². The van der Waals surface area contributed by atoms with E-state index in [9.17, 15) is 31.9 Å². The van der Waals surface area contributed by atoms with Gasteiger partial charge >= 0.3 is 6.18 Å². The molecule has 3 rings (SSSR count). The van der Waals surface area contributed by atoms with Crippen molar-refractivity contribution in [3.8, 4) is 0 Å². The zero-order valence-corrected chi connectivity index (χ0v) is 18.5. The molecular weight excluding hydrogens is 454 g/mol. The zero-order chi connectivity index (χ0) is 24.9. The molecule has 2 aromatic carbocycles.